The first-order valence-electron chi connectivity index (χ1n) is 10.9. The number of quaternary nitrogens is 1. The summed E-state index contributed by atoms with van der Waals surface area (Å²) in [5, 5.41) is 7.42. The van der Waals surface area contributed by atoms with Gasteiger partial charge in [-0.2, -0.15) is 5.10 Å². The Morgan fingerprint density at radius 3 is 2.53 bits per heavy atom. The molecule has 30 heavy (non-hydrogen) atoms. The van der Waals surface area contributed by atoms with Gasteiger partial charge in [0.15, 0.2) is 11.5 Å². The number of rotatable bonds is 4. The standard InChI is InChI=1S/C24H29N3O3/c1-4-26-14-12-24(13-15-26)27-21(19-6-5-7-22(29-3)23(19)30-24)16-20(25-27)17-8-10-18(28-2)11-9-17/h5-11,21H,4,12-16H2,1-3H3/p+1/t21-/m1/s1. The van der Waals surface area contributed by atoms with Gasteiger partial charge in [0.1, 0.15) is 5.75 Å². The van der Waals surface area contributed by atoms with Crippen molar-refractivity contribution in [1.82, 2.24) is 5.01 Å². The predicted octanol–water partition coefficient (Wildman–Crippen LogP) is 2.64. The molecule has 1 saturated heterocycles. The number of benzene rings is 2. The third kappa shape index (κ3) is 3.01. The van der Waals surface area contributed by atoms with Crippen molar-refractivity contribution in [2.75, 3.05) is 33.9 Å². The predicted molar refractivity (Wildman–Crippen MR) is 116 cm³/mol. The van der Waals surface area contributed by atoms with Gasteiger partial charge in [-0.3, -0.25) is 0 Å². The van der Waals surface area contributed by atoms with Gasteiger partial charge in [0, 0.05) is 12.0 Å². The number of piperidine rings is 1. The van der Waals surface area contributed by atoms with Crippen LogP contribution in [-0.4, -0.2) is 50.3 Å². The molecule has 0 aliphatic carbocycles. The number of hydrogen-bond acceptors (Lipinski definition) is 5. The minimum Gasteiger partial charge on any atom is -0.497 e. The van der Waals surface area contributed by atoms with Crippen LogP contribution in [0.3, 0.4) is 0 Å². The highest BCUT2D eigenvalue weighted by Crippen LogP contribution is 2.52. The molecule has 3 heterocycles. The van der Waals surface area contributed by atoms with E-state index in [-0.39, 0.29) is 6.04 Å². The van der Waals surface area contributed by atoms with Gasteiger partial charge < -0.3 is 19.1 Å². The lowest BCUT2D eigenvalue weighted by Crippen LogP contribution is -3.13. The molecule has 1 atom stereocenters. The average molecular weight is 409 g/mol. The molecule has 2 aromatic rings. The van der Waals surface area contributed by atoms with Crippen LogP contribution in [0, 0.1) is 0 Å². The van der Waals surface area contributed by atoms with Gasteiger partial charge in [0.25, 0.3) is 0 Å². The SMILES string of the molecule is CC[NH+]1CCC2(CC1)Oc1c(OC)cccc1[C@H]1CC(c3ccc(OC)cc3)=NN12. The molecule has 6 nitrogen and oxygen atoms in total. The molecule has 0 bridgehead atoms. The molecule has 6 heteroatoms. The zero-order valence-electron chi connectivity index (χ0n) is 18.0. The number of para-hydroxylation sites is 1. The molecule has 0 radical (unpaired) electrons. The smallest absolute Gasteiger partial charge is 0.209 e. The fourth-order valence-electron chi connectivity index (χ4n) is 5.07. The van der Waals surface area contributed by atoms with E-state index in [0.717, 1.165) is 73.0 Å². The van der Waals surface area contributed by atoms with Crippen molar-refractivity contribution in [1.29, 1.82) is 0 Å². The molecule has 1 spiro atoms. The highest BCUT2D eigenvalue weighted by Gasteiger charge is 2.53. The Labute approximate surface area is 178 Å². The van der Waals surface area contributed by atoms with E-state index >= 15 is 0 Å². The van der Waals surface area contributed by atoms with Crippen molar-refractivity contribution in [2.24, 2.45) is 5.10 Å². The van der Waals surface area contributed by atoms with Crippen LogP contribution in [-0.2, 0) is 0 Å². The van der Waals surface area contributed by atoms with Crippen LogP contribution in [0.1, 0.15) is 43.4 Å². The number of ether oxygens (including phenoxy) is 3. The van der Waals surface area contributed by atoms with Crippen LogP contribution in [0.4, 0.5) is 0 Å². The molecule has 2 aromatic carbocycles. The van der Waals surface area contributed by atoms with Crippen molar-refractivity contribution in [3.8, 4) is 17.2 Å². The molecule has 0 amide bonds. The first-order chi connectivity index (χ1) is 14.7. The van der Waals surface area contributed by atoms with Crippen LogP contribution in [0.25, 0.3) is 0 Å². The lowest BCUT2D eigenvalue weighted by Gasteiger charge is -2.50. The summed E-state index contributed by atoms with van der Waals surface area (Å²) in [6, 6.07) is 14.6. The van der Waals surface area contributed by atoms with Gasteiger partial charge in [-0.1, -0.05) is 12.1 Å². The van der Waals surface area contributed by atoms with Gasteiger partial charge >= 0.3 is 0 Å². The van der Waals surface area contributed by atoms with Gasteiger partial charge in [0.05, 0.1) is 58.4 Å². The van der Waals surface area contributed by atoms with E-state index in [1.54, 1.807) is 19.1 Å². The van der Waals surface area contributed by atoms with Crippen LogP contribution in [0.2, 0.25) is 0 Å². The maximum atomic E-state index is 6.77. The van der Waals surface area contributed by atoms with Crippen molar-refractivity contribution in [3.63, 3.8) is 0 Å². The van der Waals surface area contributed by atoms with Crippen molar-refractivity contribution in [2.45, 2.75) is 38.0 Å². The average Bonchev–Trinajstić information content (AvgIpc) is 3.26. The molecule has 0 aromatic heterocycles. The highest BCUT2D eigenvalue weighted by molar-refractivity contribution is 6.02. The molecular weight excluding hydrogens is 378 g/mol. The first-order valence-corrected chi connectivity index (χ1v) is 10.9. The highest BCUT2D eigenvalue weighted by atomic mass is 16.5. The van der Waals surface area contributed by atoms with Crippen LogP contribution in [0.5, 0.6) is 17.2 Å². The molecule has 1 N–H and O–H groups in total. The lowest BCUT2D eigenvalue weighted by atomic mass is 9.90. The van der Waals surface area contributed by atoms with E-state index in [2.05, 4.69) is 30.1 Å². The monoisotopic (exact) mass is 408 g/mol. The fraction of sp³-hybridized carbons (Fsp3) is 0.458. The Morgan fingerprint density at radius 1 is 1.10 bits per heavy atom. The zero-order chi connectivity index (χ0) is 20.7. The Bertz CT molecular complexity index is 949. The van der Waals surface area contributed by atoms with Crippen molar-refractivity contribution < 1.29 is 19.1 Å². The summed E-state index contributed by atoms with van der Waals surface area (Å²) in [5.74, 6) is 2.57. The largest absolute Gasteiger partial charge is 0.497 e. The number of hydrazone groups is 1. The van der Waals surface area contributed by atoms with Crippen LogP contribution < -0.4 is 19.1 Å². The lowest BCUT2D eigenvalue weighted by molar-refractivity contribution is -0.906. The summed E-state index contributed by atoms with van der Waals surface area (Å²) in [7, 11) is 3.41. The molecule has 158 valence electrons. The normalized spacial score (nSPS) is 27.2. The number of likely N-dealkylation sites (tertiary alicyclic amines) is 1. The minimum atomic E-state index is -0.404. The number of methoxy groups -OCH3 is 2. The summed E-state index contributed by atoms with van der Waals surface area (Å²) in [4.78, 5) is 1.63. The second-order valence-corrected chi connectivity index (χ2v) is 8.37. The Balaban J connectivity index is 1.55. The van der Waals surface area contributed by atoms with E-state index in [0.29, 0.717) is 0 Å². The topological polar surface area (TPSA) is 47.7 Å². The quantitative estimate of drug-likeness (QED) is 0.845. The molecule has 5 rings (SSSR count). The van der Waals surface area contributed by atoms with E-state index in [1.165, 1.54) is 0 Å². The maximum absolute atomic E-state index is 6.77. The van der Waals surface area contributed by atoms with E-state index in [1.807, 2.05) is 24.3 Å². The van der Waals surface area contributed by atoms with Gasteiger partial charge in [-0.25, -0.2) is 5.01 Å². The second-order valence-electron chi connectivity index (χ2n) is 8.37. The summed E-state index contributed by atoms with van der Waals surface area (Å²) in [5.41, 5.74) is 3.00. The molecular formula is C24H30N3O3+. The third-order valence-corrected chi connectivity index (χ3v) is 6.87. The zero-order valence-corrected chi connectivity index (χ0v) is 18.0. The van der Waals surface area contributed by atoms with Crippen molar-refractivity contribution in [3.05, 3.63) is 53.6 Å². The van der Waals surface area contributed by atoms with E-state index in [4.69, 9.17) is 19.3 Å². The molecule has 3 aliphatic heterocycles. The Hall–Kier alpha value is -2.73. The minimum absolute atomic E-state index is 0.170. The summed E-state index contributed by atoms with van der Waals surface area (Å²) >= 11 is 0. The summed E-state index contributed by atoms with van der Waals surface area (Å²) in [6.45, 7) is 5.60. The first kappa shape index (κ1) is 19.2. The van der Waals surface area contributed by atoms with Gasteiger partial charge in [-0.15, -0.1) is 0 Å². The maximum Gasteiger partial charge on any atom is 0.209 e. The number of nitrogens with one attached hydrogen (secondary N) is 1. The summed E-state index contributed by atoms with van der Waals surface area (Å²) in [6.07, 6.45) is 2.79. The van der Waals surface area contributed by atoms with Crippen LogP contribution >= 0.6 is 0 Å². The molecule has 0 saturated carbocycles. The van der Waals surface area contributed by atoms with Crippen LogP contribution in [0.15, 0.2) is 47.6 Å². The Morgan fingerprint density at radius 2 is 1.87 bits per heavy atom. The Kier molecular flexibility index (Phi) is 4.82. The van der Waals surface area contributed by atoms with E-state index in [9.17, 15) is 0 Å². The summed E-state index contributed by atoms with van der Waals surface area (Å²) < 4.78 is 17.8. The fourth-order valence-corrected chi connectivity index (χ4v) is 5.07. The van der Waals surface area contributed by atoms with Gasteiger partial charge in [-0.05, 0) is 42.8 Å². The van der Waals surface area contributed by atoms with Crippen molar-refractivity contribution >= 4 is 5.71 Å². The second kappa shape index (κ2) is 7.51. The van der Waals surface area contributed by atoms with E-state index < -0.39 is 5.72 Å². The number of nitrogens with zero attached hydrogens (tertiary/aromatic N) is 2. The third-order valence-electron chi connectivity index (χ3n) is 6.87. The van der Waals surface area contributed by atoms with Gasteiger partial charge in [0.2, 0.25) is 5.72 Å². The number of hydrogen-bond donors (Lipinski definition) is 1. The molecule has 1 fully saturated rings. The number of fused-ring (bicyclic) bond motifs is 4. The molecule has 0 unspecified atom stereocenters. The molecule has 3 aliphatic rings.